The predicted octanol–water partition coefficient (Wildman–Crippen LogP) is 1.83. The monoisotopic (exact) mass is 169 g/mol. The summed E-state index contributed by atoms with van der Waals surface area (Å²) < 4.78 is 11.0. The lowest BCUT2D eigenvalue weighted by molar-refractivity contribution is -0.273. The van der Waals surface area contributed by atoms with Crippen LogP contribution in [0.5, 0.6) is 0 Å². The highest BCUT2D eigenvalue weighted by Crippen LogP contribution is 2.24. The van der Waals surface area contributed by atoms with E-state index in [1.165, 1.54) is 0 Å². The van der Waals surface area contributed by atoms with Crippen LogP contribution in [0.15, 0.2) is 0 Å². The van der Waals surface area contributed by atoms with Gasteiger partial charge in [0.05, 0.1) is 18.8 Å². The van der Waals surface area contributed by atoms with Gasteiger partial charge in [-0.05, 0) is 26.7 Å². The number of hydrogen-bond acceptors (Lipinski definition) is 3. The summed E-state index contributed by atoms with van der Waals surface area (Å²) in [5, 5.41) is 8.39. The van der Waals surface area contributed by atoms with Gasteiger partial charge in [-0.15, -0.1) is 0 Å². The first-order valence-electron chi connectivity index (χ1n) is 4.33. The third-order valence-corrected chi connectivity index (χ3v) is 1.92. The lowest BCUT2D eigenvalue weighted by Gasteiger charge is -2.35. The molecule has 0 spiro atoms. The average molecular weight is 169 g/mol. The van der Waals surface area contributed by atoms with Gasteiger partial charge in [0.1, 0.15) is 0 Å². The molecule has 12 heavy (non-hydrogen) atoms. The van der Waals surface area contributed by atoms with Gasteiger partial charge in [-0.3, -0.25) is 0 Å². The molecule has 1 unspecified atom stereocenters. The van der Waals surface area contributed by atoms with Crippen molar-refractivity contribution in [3.8, 4) is 6.07 Å². The molecule has 0 aromatic carbocycles. The molecule has 0 N–H and O–H groups in total. The molecule has 0 bridgehead atoms. The number of ether oxygens (including phenoxy) is 2. The summed E-state index contributed by atoms with van der Waals surface area (Å²) in [5.41, 5.74) is 0. The van der Waals surface area contributed by atoms with Crippen LogP contribution in [0.4, 0.5) is 0 Å². The van der Waals surface area contributed by atoms with Crippen LogP contribution in [0.25, 0.3) is 0 Å². The van der Waals surface area contributed by atoms with Crippen molar-refractivity contribution < 1.29 is 9.47 Å². The Bertz CT molecular complexity index is 183. The molecule has 1 aliphatic heterocycles. The molecule has 0 saturated carbocycles. The molecule has 0 amide bonds. The fourth-order valence-corrected chi connectivity index (χ4v) is 1.36. The van der Waals surface area contributed by atoms with Crippen molar-refractivity contribution in [1.82, 2.24) is 0 Å². The highest BCUT2D eigenvalue weighted by atomic mass is 16.7. The second-order valence-electron chi connectivity index (χ2n) is 3.47. The minimum Gasteiger partial charge on any atom is -0.350 e. The topological polar surface area (TPSA) is 42.2 Å². The van der Waals surface area contributed by atoms with Crippen LogP contribution in [0.1, 0.15) is 33.1 Å². The predicted molar refractivity (Wildman–Crippen MR) is 44.4 cm³/mol. The van der Waals surface area contributed by atoms with Crippen molar-refractivity contribution >= 4 is 0 Å². The summed E-state index contributed by atoms with van der Waals surface area (Å²) in [6, 6.07) is 2.12. The van der Waals surface area contributed by atoms with Crippen LogP contribution < -0.4 is 0 Å². The van der Waals surface area contributed by atoms with Crippen molar-refractivity contribution in [1.29, 1.82) is 5.26 Å². The maximum atomic E-state index is 8.39. The Morgan fingerprint density at radius 3 is 2.92 bits per heavy atom. The summed E-state index contributed by atoms with van der Waals surface area (Å²) in [7, 11) is 0. The second-order valence-corrected chi connectivity index (χ2v) is 3.47. The first kappa shape index (κ1) is 9.50. The van der Waals surface area contributed by atoms with Crippen molar-refractivity contribution in [2.75, 3.05) is 6.61 Å². The molecule has 0 aromatic heterocycles. The minimum atomic E-state index is -0.460. The van der Waals surface area contributed by atoms with Crippen molar-refractivity contribution in [3.63, 3.8) is 0 Å². The van der Waals surface area contributed by atoms with E-state index in [-0.39, 0.29) is 6.10 Å². The summed E-state index contributed by atoms with van der Waals surface area (Å²) in [6.45, 7) is 4.56. The molecule has 3 nitrogen and oxygen atoms in total. The van der Waals surface area contributed by atoms with Crippen LogP contribution in [0.3, 0.4) is 0 Å². The second kappa shape index (κ2) is 3.88. The van der Waals surface area contributed by atoms with Crippen molar-refractivity contribution in [2.45, 2.75) is 45.0 Å². The van der Waals surface area contributed by atoms with Crippen LogP contribution in [-0.4, -0.2) is 18.5 Å². The van der Waals surface area contributed by atoms with Gasteiger partial charge in [0.15, 0.2) is 5.79 Å². The molecule has 1 rings (SSSR count). The standard InChI is InChI=1S/C9H15NO2/c1-9(2)11-7-5-8(12-9)4-3-6-10/h8H,3-5,7H2,1-2H3. The van der Waals surface area contributed by atoms with Gasteiger partial charge in [0, 0.05) is 6.42 Å². The van der Waals surface area contributed by atoms with Gasteiger partial charge in [-0.25, -0.2) is 0 Å². The average Bonchev–Trinajstić information content (AvgIpc) is 1.99. The number of nitrogens with zero attached hydrogens (tertiary/aromatic N) is 1. The number of hydrogen-bond donors (Lipinski definition) is 0. The Kier molecular flexibility index (Phi) is 3.07. The third kappa shape index (κ3) is 2.80. The van der Waals surface area contributed by atoms with Crippen LogP contribution in [-0.2, 0) is 9.47 Å². The molecule has 1 atom stereocenters. The zero-order chi connectivity index (χ0) is 9.03. The highest BCUT2D eigenvalue weighted by molar-refractivity contribution is 4.75. The fourth-order valence-electron chi connectivity index (χ4n) is 1.36. The van der Waals surface area contributed by atoms with Crippen LogP contribution in [0.2, 0.25) is 0 Å². The zero-order valence-corrected chi connectivity index (χ0v) is 7.67. The molecule has 0 aliphatic carbocycles. The van der Waals surface area contributed by atoms with E-state index in [2.05, 4.69) is 6.07 Å². The molecule has 1 heterocycles. The smallest absolute Gasteiger partial charge is 0.163 e. The Morgan fingerprint density at radius 1 is 1.58 bits per heavy atom. The van der Waals surface area contributed by atoms with E-state index >= 15 is 0 Å². The first-order chi connectivity index (χ1) is 5.64. The van der Waals surface area contributed by atoms with Crippen LogP contribution >= 0.6 is 0 Å². The largest absolute Gasteiger partial charge is 0.350 e. The molecule has 1 aliphatic rings. The van der Waals surface area contributed by atoms with Gasteiger partial charge < -0.3 is 9.47 Å². The van der Waals surface area contributed by atoms with Gasteiger partial charge in [0.2, 0.25) is 0 Å². The van der Waals surface area contributed by atoms with Gasteiger partial charge in [0.25, 0.3) is 0 Å². The zero-order valence-electron chi connectivity index (χ0n) is 7.67. The summed E-state index contributed by atoms with van der Waals surface area (Å²) in [6.07, 6.45) is 2.50. The van der Waals surface area contributed by atoms with E-state index in [1.807, 2.05) is 13.8 Å². The molecular weight excluding hydrogens is 154 g/mol. The lowest BCUT2D eigenvalue weighted by Crippen LogP contribution is -2.39. The molecule has 1 fully saturated rings. The van der Waals surface area contributed by atoms with E-state index in [0.29, 0.717) is 6.42 Å². The fraction of sp³-hybridized carbons (Fsp3) is 0.889. The molecule has 68 valence electrons. The summed E-state index contributed by atoms with van der Waals surface area (Å²) in [5.74, 6) is -0.460. The van der Waals surface area contributed by atoms with E-state index in [9.17, 15) is 0 Å². The quantitative estimate of drug-likeness (QED) is 0.633. The van der Waals surface area contributed by atoms with E-state index in [0.717, 1.165) is 19.4 Å². The van der Waals surface area contributed by atoms with E-state index in [4.69, 9.17) is 14.7 Å². The summed E-state index contributed by atoms with van der Waals surface area (Å²) >= 11 is 0. The van der Waals surface area contributed by atoms with Crippen molar-refractivity contribution in [3.05, 3.63) is 0 Å². The lowest BCUT2D eigenvalue weighted by atomic mass is 10.1. The molecule has 0 radical (unpaired) electrons. The number of rotatable bonds is 2. The number of nitriles is 1. The minimum absolute atomic E-state index is 0.202. The van der Waals surface area contributed by atoms with Gasteiger partial charge >= 0.3 is 0 Å². The Morgan fingerprint density at radius 2 is 2.33 bits per heavy atom. The molecule has 0 aromatic rings. The molecule has 3 heteroatoms. The van der Waals surface area contributed by atoms with Gasteiger partial charge in [-0.2, -0.15) is 5.26 Å². The highest BCUT2D eigenvalue weighted by Gasteiger charge is 2.28. The van der Waals surface area contributed by atoms with Crippen LogP contribution in [0, 0.1) is 11.3 Å². The summed E-state index contributed by atoms with van der Waals surface area (Å²) in [4.78, 5) is 0. The van der Waals surface area contributed by atoms with Crippen molar-refractivity contribution in [2.24, 2.45) is 0 Å². The normalized spacial score (nSPS) is 27.9. The Hall–Kier alpha value is -0.590. The molecular formula is C9H15NO2. The Labute approximate surface area is 73.3 Å². The van der Waals surface area contributed by atoms with Gasteiger partial charge in [-0.1, -0.05) is 0 Å². The Balaban J connectivity index is 2.32. The SMILES string of the molecule is CC1(C)OCCC(CCC#N)O1. The third-order valence-electron chi connectivity index (χ3n) is 1.92. The van der Waals surface area contributed by atoms with E-state index < -0.39 is 5.79 Å². The first-order valence-corrected chi connectivity index (χ1v) is 4.33. The van der Waals surface area contributed by atoms with E-state index in [1.54, 1.807) is 0 Å². The maximum Gasteiger partial charge on any atom is 0.163 e. The maximum absolute atomic E-state index is 8.39. The molecule has 1 saturated heterocycles.